The van der Waals surface area contributed by atoms with Crippen LogP contribution in [0.2, 0.25) is 0 Å². The maximum absolute atomic E-state index is 12.6. The van der Waals surface area contributed by atoms with Crippen LogP contribution in [0, 0.1) is 35.7 Å². The first-order valence-corrected chi connectivity index (χ1v) is 10.9. The van der Waals surface area contributed by atoms with Crippen molar-refractivity contribution in [1.82, 2.24) is 0 Å². The quantitative estimate of drug-likeness (QED) is 0.234. The van der Waals surface area contributed by atoms with Crippen molar-refractivity contribution in [3.63, 3.8) is 0 Å². The molecular formula is C26H23IN2O2. The van der Waals surface area contributed by atoms with Gasteiger partial charge in [-0.25, -0.2) is 0 Å². The standard InChI is InChI=1S/C26H23IN2O2/c1-17-7-9-20(10-8-17)16-31-25-12-11-21(14-23(25)27)13-22(15-28)26(30)29-24-6-4-5-18(2)19(24)3/h4-14H,16H2,1-3H3,(H,29,30)/b22-13+. The van der Waals surface area contributed by atoms with Crippen LogP contribution in [0.3, 0.4) is 0 Å². The minimum absolute atomic E-state index is 0.0463. The van der Waals surface area contributed by atoms with Gasteiger partial charge < -0.3 is 10.1 Å². The van der Waals surface area contributed by atoms with Gasteiger partial charge in [-0.1, -0.05) is 48.0 Å². The third-order valence-corrected chi connectivity index (χ3v) is 5.84. The van der Waals surface area contributed by atoms with Crippen LogP contribution in [0.15, 0.2) is 66.2 Å². The van der Waals surface area contributed by atoms with Crippen molar-refractivity contribution >= 4 is 40.3 Å². The Morgan fingerprint density at radius 2 is 1.84 bits per heavy atom. The highest BCUT2D eigenvalue weighted by atomic mass is 127. The third kappa shape index (κ3) is 5.96. The van der Waals surface area contributed by atoms with Crippen LogP contribution in [0.25, 0.3) is 6.08 Å². The number of hydrogen-bond acceptors (Lipinski definition) is 3. The lowest BCUT2D eigenvalue weighted by Gasteiger charge is -2.11. The first-order valence-electron chi connectivity index (χ1n) is 9.84. The lowest BCUT2D eigenvalue weighted by Crippen LogP contribution is -2.14. The zero-order chi connectivity index (χ0) is 22.4. The normalized spacial score (nSPS) is 11.0. The Morgan fingerprint density at radius 1 is 1.10 bits per heavy atom. The van der Waals surface area contributed by atoms with Gasteiger partial charge in [0.2, 0.25) is 0 Å². The summed E-state index contributed by atoms with van der Waals surface area (Å²) in [5.74, 6) is 0.336. The monoisotopic (exact) mass is 522 g/mol. The Balaban J connectivity index is 1.72. The summed E-state index contributed by atoms with van der Waals surface area (Å²) in [5, 5.41) is 12.3. The molecule has 0 aromatic heterocycles. The molecule has 0 aliphatic rings. The molecule has 3 rings (SSSR count). The number of rotatable bonds is 6. The topological polar surface area (TPSA) is 62.1 Å². The van der Waals surface area contributed by atoms with Crippen molar-refractivity contribution in [2.75, 3.05) is 5.32 Å². The molecule has 0 saturated carbocycles. The number of amides is 1. The lowest BCUT2D eigenvalue weighted by atomic mass is 10.1. The van der Waals surface area contributed by atoms with Gasteiger partial charge >= 0.3 is 0 Å². The molecule has 0 atom stereocenters. The molecule has 3 aromatic rings. The number of benzene rings is 3. The predicted molar refractivity (Wildman–Crippen MR) is 133 cm³/mol. The van der Waals surface area contributed by atoms with E-state index >= 15 is 0 Å². The summed E-state index contributed by atoms with van der Waals surface area (Å²) in [6.45, 7) is 6.46. The van der Waals surface area contributed by atoms with Gasteiger partial charge in [-0.2, -0.15) is 5.26 Å². The summed E-state index contributed by atoms with van der Waals surface area (Å²) in [6, 6.07) is 21.5. The minimum atomic E-state index is -0.425. The van der Waals surface area contributed by atoms with Crippen LogP contribution in [0.1, 0.15) is 27.8 Å². The van der Waals surface area contributed by atoms with Gasteiger partial charge in [-0.05, 0) is 89.9 Å². The molecule has 31 heavy (non-hydrogen) atoms. The number of hydrogen-bond donors (Lipinski definition) is 1. The molecule has 0 bridgehead atoms. The van der Waals surface area contributed by atoms with E-state index in [1.165, 1.54) is 5.56 Å². The molecule has 1 N–H and O–H groups in total. The number of nitrogens with zero attached hydrogens (tertiary/aromatic N) is 1. The van der Waals surface area contributed by atoms with Crippen molar-refractivity contribution in [1.29, 1.82) is 5.26 Å². The second kappa shape index (κ2) is 10.3. The van der Waals surface area contributed by atoms with Crippen LogP contribution in [0.4, 0.5) is 5.69 Å². The van der Waals surface area contributed by atoms with E-state index in [0.29, 0.717) is 12.3 Å². The minimum Gasteiger partial charge on any atom is -0.488 e. The Morgan fingerprint density at radius 3 is 2.52 bits per heavy atom. The molecule has 0 fully saturated rings. The fourth-order valence-corrected chi connectivity index (χ4v) is 3.66. The van der Waals surface area contributed by atoms with Crippen molar-refractivity contribution in [2.24, 2.45) is 0 Å². The van der Waals surface area contributed by atoms with E-state index in [4.69, 9.17) is 4.74 Å². The molecule has 0 radical (unpaired) electrons. The number of ether oxygens (including phenoxy) is 1. The number of halogens is 1. The third-order valence-electron chi connectivity index (χ3n) is 5.00. The SMILES string of the molecule is Cc1ccc(COc2ccc(/C=C(\C#N)C(=O)Nc3cccc(C)c3C)cc2I)cc1. The molecule has 3 aromatic carbocycles. The number of carbonyl (C=O) groups is 1. The summed E-state index contributed by atoms with van der Waals surface area (Å²) in [5.41, 5.74) is 5.89. The Hall–Kier alpha value is -3.11. The molecule has 156 valence electrons. The Bertz CT molecular complexity index is 1180. The largest absolute Gasteiger partial charge is 0.488 e. The zero-order valence-corrected chi connectivity index (χ0v) is 19.9. The van der Waals surface area contributed by atoms with Gasteiger partial charge in [-0.15, -0.1) is 0 Å². The van der Waals surface area contributed by atoms with E-state index in [1.54, 1.807) is 6.08 Å². The molecule has 0 saturated heterocycles. The van der Waals surface area contributed by atoms with Crippen LogP contribution in [-0.4, -0.2) is 5.91 Å². The summed E-state index contributed by atoms with van der Waals surface area (Å²) in [4.78, 5) is 12.6. The number of aryl methyl sites for hydroxylation is 2. The number of nitrogens with one attached hydrogen (secondary N) is 1. The van der Waals surface area contributed by atoms with Crippen molar-refractivity contribution in [3.8, 4) is 11.8 Å². The lowest BCUT2D eigenvalue weighted by molar-refractivity contribution is -0.112. The molecule has 0 heterocycles. The highest BCUT2D eigenvalue weighted by Gasteiger charge is 2.12. The van der Waals surface area contributed by atoms with E-state index in [1.807, 2.05) is 68.4 Å². The highest BCUT2D eigenvalue weighted by Crippen LogP contribution is 2.25. The predicted octanol–water partition coefficient (Wildman–Crippen LogP) is 6.34. The second-order valence-electron chi connectivity index (χ2n) is 7.34. The fraction of sp³-hybridized carbons (Fsp3) is 0.154. The summed E-state index contributed by atoms with van der Waals surface area (Å²) >= 11 is 2.20. The molecule has 0 spiro atoms. The average molecular weight is 522 g/mol. The Kier molecular flexibility index (Phi) is 7.48. The van der Waals surface area contributed by atoms with Crippen molar-refractivity contribution in [3.05, 3.63) is 97.6 Å². The van der Waals surface area contributed by atoms with E-state index in [0.717, 1.165) is 31.6 Å². The summed E-state index contributed by atoms with van der Waals surface area (Å²) < 4.78 is 6.84. The van der Waals surface area contributed by atoms with Crippen molar-refractivity contribution in [2.45, 2.75) is 27.4 Å². The van der Waals surface area contributed by atoms with Crippen LogP contribution in [0.5, 0.6) is 5.75 Å². The van der Waals surface area contributed by atoms with E-state index in [2.05, 4.69) is 47.0 Å². The highest BCUT2D eigenvalue weighted by molar-refractivity contribution is 14.1. The average Bonchev–Trinajstić information content (AvgIpc) is 2.75. The molecule has 1 amide bonds. The van der Waals surface area contributed by atoms with Crippen LogP contribution < -0.4 is 10.1 Å². The molecule has 0 aliphatic carbocycles. The number of carbonyl (C=O) groups excluding carboxylic acids is 1. The summed E-state index contributed by atoms with van der Waals surface area (Å²) in [6.07, 6.45) is 1.59. The van der Waals surface area contributed by atoms with Gasteiger partial charge in [0.25, 0.3) is 5.91 Å². The number of nitriles is 1. The van der Waals surface area contributed by atoms with E-state index in [-0.39, 0.29) is 5.57 Å². The van der Waals surface area contributed by atoms with Gasteiger partial charge in [0.1, 0.15) is 24.0 Å². The first-order chi connectivity index (χ1) is 14.9. The smallest absolute Gasteiger partial charge is 0.266 e. The molecule has 0 aliphatic heterocycles. The molecular weight excluding hydrogens is 499 g/mol. The van der Waals surface area contributed by atoms with Gasteiger partial charge in [0, 0.05) is 5.69 Å². The second-order valence-corrected chi connectivity index (χ2v) is 8.50. The fourth-order valence-electron chi connectivity index (χ4n) is 2.96. The summed E-state index contributed by atoms with van der Waals surface area (Å²) in [7, 11) is 0. The van der Waals surface area contributed by atoms with Crippen LogP contribution in [-0.2, 0) is 11.4 Å². The van der Waals surface area contributed by atoms with Gasteiger partial charge in [-0.3, -0.25) is 4.79 Å². The zero-order valence-electron chi connectivity index (χ0n) is 17.7. The maximum Gasteiger partial charge on any atom is 0.266 e. The molecule has 4 nitrogen and oxygen atoms in total. The number of anilines is 1. The Labute approximate surface area is 196 Å². The molecule has 0 unspecified atom stereocenters. The van der Waals surface area contributed by atoms with Crippen molar-refractivity contribution < 1.29 is 9.53 Å². The van der Waals surface area contributed by atoms with E-state index < -0.39 is 5.91 Å². The van der Waals surface area contributed by atoms with Gasteiger partial charge in [0.15, 0.2) is 0 Å². The van der Waals surface area contributed by atoms with Gasteiger partial charge in [0.05, 0.1) is 3.57 Å². The van der Waals surface area contributed by atoms with Crippen LogP contribution >= 0.6 is 22.6 Å². The molecule has 5 heteroatoms. The first kappa shape index (κ1) is 22.6. The van der Waals surface area contributed by atoms with E-state index in [9.17, 15) is 10.1 Å². The maximum atomic E-state index is 12.6.